The van der Waals surface area contributed by atoms with Gasteiger partial charge in [-0.25, -0.2) is 4.79 Å². The van der Waals surface area contributed by atoms with E-state index < -0.39 is 5.60 Å². The van der Waals surface area contributed by atoms with Crippen LogP contribution in [0.3, 0.4) is 0 Å². The number of ether oxygens (including phenoxy) is 1. The molecule has 1 aliphatic carbocycles. The quantitative estimate of drug-likeness (QED) is 0.847. The maximum absolute atomic E-state index is 11.7. The van der Waals surface area contributed by atoms with Gasteiger partial charge in [-0.2, -0.15) is 0 Å². The van der Waals surface area contributed by atoms with Gasteiger partial charge in [0.05, 0.1) is 6.26 Å². The SMILES string of the molecule is CC(C)(C)OC(=O)NCC1CCCC1NCCc1ccco1. The maximum atomic E-state index is 11.7. The van der Waals surface area contributed by atoms with Crippen molar-refractivity contribution in [2.24, 2.45) is 5.92 Å². The molecule has 1 aromatic heterocycles. The molecule has 5 nitrogen and oxygen atoms in total. The summed E-state index contributed by atoms with van der Waals surface area (Å²) >= 11 is 0. The lowest BCUT2D eigenvalue weighted by Crippen LogP contribution is -2.41. The number of nitrogens with one attached hydrogen (secondary N) is 2. The zero-order chi connectivity index (χ0) is 16.0. The zero-order valence-corrected chi connectivity index (χ0v) is 13.9. The third-order valence-corrected chi connectivity index (χ3v) is 3.92. The minimum Gasteiger partial charge on any atom is -0.469 e. The Morgan fingerprint density at radius 1 is 1.41 bits per heavy atom. The predicted octanol–water partition coefficient (Wildman–Crippen LogP) is 3.11. The van der Waals surface area contributed by atoms with Crippen molar-refractivity contribution in [3.05, 3.63) is 24.2 Å². The van der Waals surface area contributed by atoms with Crippen LogP contribution in [0.15, 0.2) is 22.8 Å². The van der Waals surface area contributed by atoms with Gasteiger partial charge < -0.3 is 19.8 Å². The average molecular weight is 308 g/mol. The maximum Gasteiger partial charge on any atom is 0.407 e. The molecule has 1 heterocycles. The lowest BCUT2D eigenvalue weighted by Gasteiger charge is -2.23. The molecule has 0 aromatic carbocycles. The zero-order valence-electron chi connectivity index (χ0n) is 13.9. The molecule has 22 heavy (non-hydrogen) atoms. The van der Waals surface area contributed by atoms with E-state index in [0.29, 0.717) is 18.5 Å². The molecule has 0 aliphatic heterocycles. The molecule has 2 unspecified atom stereocenters. The first-order chi connectivity index (χ1) is 10.4. The van der Waals surface area contributed by atoms with Gasteiger partial charge in [0.25, 0.3) is 0 Å². The van der Waals surface area contributed by atoms with Gasteiger partial charge >= 0.3 is 6.09 Å². The van der Waals surface area contributed by atoms with Gasteiger partial charge in [0.1, 0.15) is 11.4 Å². The lowest BCUT2D eigenvalue weighted by atomic mass is 10.0. The Morgan fingerprint density at radius 2 is 2.23 bits per heavy atom. The fraction of sp³-hybridized carbons (Fsp3) is 0.706. The summed E-state index contributed by atoms with van der Waals surface area (Å²) in [6.07, 6.45) is 5.80. The summed E-state index contributed by atoms with van der Waals surface area (Å²) < 4.78 is 10.6. The van der Waals surface area contributed by atoms with Crippen LogP contribution in [0.25, 0.3) is 0 Å². The third kappa shape index (κ3) is 5.72. The van der Waals surface area contributed by atoms with E-state index in [0.717, 1.165) is 25.1 Å². The standard InChI is InChI=1S/C17H28N2O3/c1-17(2,3)22-16(20)19-12-13-6-4-8-15(13)18-10-9-14-7-5-11-21-14/h5,7,11,13,15,18H,4,6,8-10,12H2,1-3H3,(H,19,20). The highest BCUT2D eigenvalue weighted by Gasteiger charge is 2.27. The molecule has 2 rings (SSSR count). The Labute approximate surface area is 132 Å². The number of hydrogen-bond donors (Lipinski definition) is 2. The van der Waals surface area contributed by atoms with Crippen LogP contribution in [-0.2, 0) is 11.2 Å². The molecule has 124 valence electrons. The molecule has 0 saturated heterocycles. The number of carbonyl (C=O) groups excluding carboxylic acids is 1. The van der Waals surface area contributed by atoms with E-state index in [2.05, 4.69) is 10.6 Å². The van der Waals surface area contributed by atoms with Crippen molar-refractivity contribution in [3.63, 3.8) is 0 Å². The molecule has 0 bridgehead atoms. The highest BCUT2D eigenvalue weighted by molar-refractivity contribution is 5.67. The summed E-state index contributed by atoms with van der Waals surface area (Å²) in [5.41, 5.74) is -0.444. The van der Waals surface area contributed by atoms with E-state index in [1.807, 2.05) is 32.9 Å². The lowest BCUT2D eigenvalue weighted by molar-refractivity contribution is 0.0517. The van der Waals surface area contributed by atoms with Crippen LogP contribution in [-0.4, -0.2) is 30.8 Å². The Hall–Kier alpha value is -1.49. The van der Waals surface area contributed by atoms with Gasteiger partial charge in [0.2, 0.25) is 0 Å². The molecule has 2 atom stereocenters. The second-order valence-electron chi connectivity index (χ2n) is 6.96. The summed E-state index contributed by atoms with van der Waals surface area (Å²) in [5, 5.41) is 6.49. The monoisotopic (exact) mass is 308 g/mol. The van der Waals surface area contributed by atoms with Crippen LogP contribution in [0.4, 0.5) is 4.79 Å². The van der Waals surface area contributed by atoms with Crippen molar-refractivity contribution in [2.45, 2.75) is 58.1 Å². The van der Waals surface area contributed by atoms with Crippen molar-refractivity contribution in [2.75, 3.05) is 13.1 Å². The van der Waals surface area contributed by atoms with E-state index in [9.17, 15) is 4.79 Å². The molecule has 1 amide bonds. The first-order valence-corrected chi connectivity index (χ1v) is 8.16. The Bertz CT molecular complexity index is 451. The summed E-state index contributed by atoms with van der Waals surface area (Å²) in [6, 6.07) is 4.38. The smallest absolute Gasteiger partial charge is 0.407 e. The molecule has 0 radical (unpaired) electrons. The Morgan fingerprint density at radius 3 is 2.91 bits per heavy atom. The summed E-state index contributed by atoms with van der Waals surface area (Å²) in [5.74, 6) is 1.48. The number of furan rings is 1. The second kappa shape index (κ2) is 7.68. The van der Waals surface area contributed by atoms with Crippen LogP contribution in [0.5, 0.6) is 0 Å². The fourth-order valence-electron chi connectivity index (χ4n) is 2.91. The molecule has 1 aliphatic rings. The molecule has 2 N–H and O–H groups in total. The number of carbonyl (C=O) groups is 1. The summed E-state index contributed by atoms with van der Waals surface area (Å²) in [4.78, 5) is 11.7. The van der Waals surface area contributed by atoms with Gasteiger partial charge in [-0.1, -0.05) is 6.42 Å². The molecule has 5 heteroatoms. The van der Waals surface area contributed by atoms with Crippen LogP contribution >= 0.6 is 0 Å². The van der Waals surface area contributed by atoms with E-state index >= 15 is 0 Å². The fourth-order valence-corrected chi connectivity index (χ4v) is 2.91. The third-order valence-electron chi connectivity index (χ3n) is 3.92. The van der Waals surface area contributed by atoms with Gasteiger partial charge in [-0.3, -0.25) is 0 Å². The molecular formula is C17H28N2O3. The minimum absolute atomic E-state index is 0.325. The van der Waals surface area contributed by atoms with E-state index in [-0.39, 0.29) is 6.09 Å². The van der Waals surface area contributed by atoms with Gasteiger partial charge in [-0.15, -0.1) is 0 Å². The molecular weight excluding hydrogens is 280 g/mol. The first-order valence-electron chi connectivity index (χ1n) is 8.16. The van der Waals surface area contributed by atoms with Crippen molar-refractivity contribution in [3.8, 4) is 0 Å². The van der Waals surface area contributed by atoms with E-state index in [1.165, 1.54) is 12.8 Å². The summed E-state index contributed by atoms with van der Waals surface area (Å²) in [7, 11) is 0. The van der Waals surface area contributed by atoms with E-state index in [1.54, 1.807) is 6.26 Å². The predicted molar refractivity (Wildman–Crippen MR) is 85.8 cm³/mol. The second-order valence-corrected chi connectivity index (χ2v) is 6.96. The normalized spacial score (nSPS) is 21.8. The van der Waals surface area contributed by atoms with Crippen molar-refractivity contribution in [1.29, 1.82) is 0 Å². The van der Waals surface area contributed by atoms with Crippen LogP contribution < -0.4 is 10.6 Å². The molecule has 0 spiro atoms. The first kappa shape index (κ1) is 16.9. The van der Waals surface area contributed by atoms with Gasteiger partial charge in [-0.05, 0) is 51.7 Å². The van der Waals surface area contributed by atoms with Gasteiger partial charge in [0.15, 0.2) is 0 Å². The number of hydrogen-bond acceptors (Lipinski definition) is 4. The molecule has 1 aromatic rings. The van der Waals surface area contributed by atoms with Crippen LogP contribution in [0, 0.1) is 5.92 Å². The van der Waals surface area contributed by atoms with Crippen molar-refractivity contribution in [1.82, 2.24) is 10.6 Å². The minimum atomic E-state index is -0.444. The summed E-state index contributed by atoms with van der Waals surface area (Å²) in [6.45, 7) is 7.21. The largest absolute Gasteiger partial charge is 0.469 e. The number of rotatable bonds is 6. The average Bonchev–Trinajstić information content (AvgIpc) is 3.06. The topological polar surface area (TPSA) is 63.5 Å². The van der Waals surface area contributed by atoms with Crippen LogP contribution in [0.2, 0.25) is 0 Å². The van der Waals surface area contributed by atoms with Crippen molar-refractivity contribution >= 4 is 6.09 Å². The molecule has 1 fully saturated rings. The van der Waals surface area contributed by atoms with Crippen molar-refractivity contribution < 1.29 is 13.9 Å². The van der Waals surface area contributed by atoms with Gasteiger partial charge in [0, 0.05) is 25.6 Å². The number of alkyl carbamates (subject to hydrolysis) is 1. The number of amides is 1. The highest BCUT2D eigenvalue weighted by atomic mass is 16.6. The van der Waals surface area contributed by atoms with E-state index in [4.69, 9.17) is 9.15 Å². The highest BCUT2D eigenvalue weighted by Crippen LogP contribution is 2.25. The van der Waals surface area contributed by atoms with Crippen LogP contribution in [0.1, 0.15) is 45.8 Å². The molecule has 1 saturated carbocycles. The Kier molecular flexibility index (Phi) is 5.89. The Balaban J connectivity index is 1.68.